The number of nitrogens with zero attached hydrogens (tertiary/aromatic N) is 3. The average Bonchev–Trinajstić information content (AvgIpc) is 3.31. The topological polar surface area (TPSA) is 118 Å². The lowest BCUT2D eigenvalue weighted by Gasteiger charge is -2.19. The number of nitrogens with two attached hydrogens (primary N) is 1. The van der Waals surface area contributed by atoms with Crippen molar-refractivity contribution in [1.82, 2.24) is 9.97 Å². The molecule has 0 radical (unpaired) electrons. The van der Waals surface area contributed by atoms with Crippen LogP contribution in [0, 0.1) is 12.7 Å². The molecule has 0 atom stereocenters. The molecule has 0 fully saturated rings. The molecule has 4 rings (SSSR count). The van der Waals surface area contributed by atoms with Crippen LogP contribution in [0.2, 0.25) is 0 Å². The van der Waals surface area contributed by atoms with Gasteiger partial charge in [-0.15, -0.1) is 0 Å². The van der Waals surface area contributed by atoms with E-state index in [4.69, 9.17) is 15.2 Å². The molecule has 0 saturated heterocycles. The van der Waals surface area contributed by atoms with Crippen LogP contribution < -0.4 is 24.9 Å². The Hall–Kier alpha value is -4.09. The third-order valence-corrected chi connectivity index (χ3v) is 5.94. The van der Waals surface area contributed by atoms with E-state index >= 15 is 0 Å². The van der Waals surface area contributed by atoms with Crippen LogP contribution in [0.1, 0.15) is 22.5 Å². The Bertz CT molecular complexity index is 1440. The summed E-state index contributed by atoms with van der Waals surface area (Å²) in [5.41, 5.74) is 9.40. The van der Waals surface area contributed by atoms with Crippen molar-refractivity contribution in [3.05, 3.63) is 71.8 Å². The Kier molecular flexibility index (Phi) is 8.26. The van der Waals surface area contributed by atoms with Crippen LogP contribution in [-0.2, 0) is 0 Å². The molecule has 0 spiro atoms. The van der Waals surface area contributed by atoms with Gasteiger partial charge in [-0.05, 0) is 36.8 Å². The summed E-state index contributed by atoms with van der Waals surface area (Å²) < 4.78 is 28.0. The van der Waals surface area contributed by atoms with E-state index in [1.165, 1.54) is 35.3 Å². The molecule has 0 saturated carbocycles. The number of aryl methyl sites for hydroxylation is 1. The first-order valence-electron chi connectivity index (χ1n) is 11.4. The number of benzene rings is 2. The Morgan fingerprint density at radius 3 is 2.78 bits per heavy atom. The largest absolute Gasteiger partial charge is 0.494 e. The lowest BCUT2D eigenvalue weighted by molar-refractivity contribution is 0.0997. The first kappa shape index (κ1) is 26.0. The fourth-order valence-electron chi connectivity index (χ4n) is 3.70. The molecule has 0 bridgehead atoms. The zero-order valence-electron chi connectivity index (χ0n) is 20.6. The van der Waals surface area contributed by atoms with E-state index < -0.39 is 5.82 Å². The highest BCUT2D eigenvalue weighted by Gasteiger charge is 2.14. The monoisotopic (exact) mass is 522 g/mol. The number of rotatable bonds is 11. The number of halogens is 1. The molecule has 2 aromatic heterocycles. The summed E-state index contributed by atoms with van der Waals surface area (Å²) in [6.07, 6.45) is 5.04. The number of hydrogen-bond acceptors (Lipinski definition) is 9. The van der Waals surface area contributed by atoms with Crippen LogP contribution in [0.15, 0.2) is 59.8 Å². The van der Waals surface area contributed by atoms with Gasteiger partial charge in [0, 0.05) is 41.9 Å². The zero-order chi connectivity index (χ0) is 26.4. The summed E-state index contributed by atoms with van der Waals surface area (Å²) in [4.78, 5) is 20.2. The average molecular weight is 523 g/mol. The van der Waals surface area contributed by atoms with Gasteiger partial charge >= 0.3 is 0 Å². The van der Waals surface area contributed by atoms with Crippen molar-refractivity contribution in [2.24, 2.45) is 10.8 Å². The Balaban J connectivity index is 1.45. The van der Waals surface area contributed by atoms with Crippen LogP contribution >= 0.6 is 11.9 Å². The fourth-order valence-corrected chi connectivity index (χ4v) is 4.08. The molecule has 0 aliphatic carbocycles. The van der Waals surface area contributed by atoms with Crippen molar-refractivity contribution >= 4 is 46.2 Å². The molecule has 11 heteroatoms. The summed E-state index contributed by atoms with van der Waals surface area (Å²) in [7, 11) is 1.60. The van der Waals surface area contributed by atoms with E-state index in [-0.39, 0.29) is 30.5 Å². The van der Waals surface area contributed by atoms with E-state index in [0.717, 1.165) is 22.2 Å². The van der Waals surface area contributed by atoms with Gasteiger partial charge in [0.1, 0.15) is 5.75 Å². The molecule has 9 nitrogen and oxygen atoms in total. The molecule has 2 heterocycles. The fraction of sp³-hybridized carbons (Fsp3) is 0.192. The number of carbonyl (C=O) groups excluding carboxylic acids is 1. The minimum atomic E-state index is -0.477. The van der Waals surface area contributed by atoms with Gasteiger partial charge in [0.05, 0.1) is 37.0 Å². The number of aromatic nitrogens is 2. The predicted octanol–water partition coefficient (Wildman–Crippen LogP) is 5.48. The number of ether oxygens (including phenoxy) is 2. The number of anilines is 2. The molecule has 4 aromatic rings. The lowest BCUT2D eigenvalue weighted by atomic mass is 10.2. The van der Waals surface area contributed by atoms with Gasteiger partial charge < -0.3 is 24.9 Å². The van der Waals surface area contributed by atoms with Crippen molar-refractivity contribution in [1.29, 1.82) is 0 Å². The van der Waals surface area contributed by atoms with Crippen molar-refractivity contribution < 1.29 is 18.7 Å². The van der Waals surface area contributed by atoms with Crippen molar-refractivity contribution in [2.75, 3.05) is 29.8 Å². The summed E-state index contributed by atoms with van der Waals surface area (Å²) >= 11 is 1.46. The molecular weight excluding hydrogens is 495 g/mol. The SMILES string of the molecule is COc1cc2[nH]c(C(=O)C/C=N\N(CN)c3cnc(Oc4ccccc4F)cc3C)cc2cc1NSC. The summed E-state index contributed by atoms with van der Waals surface area (Å²) in [5.74, 6) is 0.404. The number of hydrazone groups is 1. The van der Waals surface area contributed by atoms with Crippen LogP contribution in [0.5, 0.6) is 17.4 Å². The Morgan fingerprint density at radius 2 is 2.08 bits per heavy atom. The first-order valence-corrected chi connectivity index (χ1v) is 12.6. The van der Waals surface area contributed by atoms with E-state index in [0.29, 0.717) is 17.1 Å². The number of fused-ring (bicyclic) bond motifs is 1. The minimum absolute atomic E-state index is 0.0668. The number of ketones is 1. The van der Waals surface area contributed by atoms with E-state index in [9.17, 15) is 9.18 Å². The highest BCUT2D eigenvalue weighted by Crippen LogP contribution is 2.32. The van der Waals surface area contributed by atoms with Crippen LogP contribution in [0.3, 0.4) is 0 Å². The molecule has 2 aromatic carbocycles. The third kappa shape index (κ3) is 6.01. The Labute approximate surface area is 218 Å². The second kappa shape index (κ2) is 11.8. The highest BCUT2D eigenvalue weighted by molar-refractivity contribution is 7.99. The first-order chi connectivity index (χ1) is 17.9. The van der Waals surface area contributed by atoms with Crippen molar-refractivity contribution in [3.8, 4) is 17.4 Å². The van der Waals surface area contributed by atoms with E-state index in [1.54, 1.807) is 37.6 Å². The number of carbonyl (C=O) groups is 1. The molecule has 0 amide bonds. The zero-order valence-corrected chi connectivity index (χ0v) is 21.4. The van der Waals surface area contributed by atoms with E-state index in [1.807, 2.05) is 25.3 Å². The van der Waals surface area contributed by atoms with E-state index in [2.05, 4.69) is 19.8 Å². The summed E-state index contributed by atoms with van der Waals surface area (Å²) in [5, 5.41) is 6.78. The maximum atomic E-state index is 13.9. The normalized spacial score (nSPS) is 11.2. The summed E-state index contributed by atoms with van der Waals surface area (Å²) in [6.45, 7) is 1.91. The van der Waals surface area contributed by atoms with Crippen molar-refractivity contribution in [3.63, 3.8) is 0 Å². The quantitative estimate of drug-likeness (QED) is 0.0779. The number of para-hydroxylation sites is 1. The van der Waals surface area contributed by atoms with Gasteiger partial charge in [0.2, 0.25) is 5.88 Å². The van der Waals surface area contributed by atoms with Gasteiger partial charge in [0.25, 0.3) is 0 Å². The molecular formula is C26H27FN6O3S. The Morgan fingerprint density at radius 1 is 1.27 bits per heavy atom. The van der Waals surface area contributed by atoms with Gasteiger partial charge in [-0.2, -0.15) is 5.10 Å². The number of nitrogens with one attached hydrogen (secondary N) is 2. The maximum absolute atomic E-state index is 13.9. The highest BCUT2D eigenvalue weighted by atomic mass is 32.2. The second-order valence-electron chi connectivity index (χ2n) is 7.98. The van der Waals surface area contributed by atoms with Gasteiger partial charge in [-0.3, -0.25) is 9.80 Å². The number of H-pyrrole nitrogens is 1. The maximum Gasteiger partial charge on any atom is 0.219 e. The van der Waals surface area contributed by atoms with Crippen LogP contribution in [-0.4, -0.2) is 42.0 Å². The van der Waals surface area contributed by atoms with Crippen LogP contribution in [0.25, 0.3) is 10.9 Å². The van der Waals surface area contributed by atoms with Gasteiger partial charge in [-0.1, -0.05) is 24.1 Å². The molecule has 4 N–H and O–H groups in total. The second-order valence-corrected chi connectivity index (χ2v) is 8.59. The molecule has 192 valence electrons. The lowest BCUT2D eigenvalue weighted by Crippen LogP contribution is -2.25. The standard InChI is InChI=1S/C26H27FN6O3S/c1-16-10-26(36-24-7-5-4-6-18(24)27)29-14-22(16)33(15-28)30-9-8-23(34)20-11-17-12-21(32-37-3)25(35-2)13-19(17)31-20/h4-7,9-14,31-32H,8,15,28H2,1-3H3/b30-9-. The number of aromatic amines is 1. The molecule has 0 unspecified atom stereocenters. The van der Waals surface area contributed by atoms with Gasteiger partial charge in [-0.25, -0.2) is 9.37 Å². The predicted molar refractivity (Wildman–Crippen MR) is 146 cm³/mol. The minimum Gasteiger partial charge on any atom is -0.494 e. The van der Waals surface area contributed by atoms with Gasteiger partial charge in [0.15, 0.2) is 17.3 Å². The molecule has 0 aliphatic heterocycles. The summed E-state index contributed by atoms with van der Waals surface area (Å²) in [6, 6.07) is 13.4. The molecule has 37 heavy (non-hydrogen) atoms. The number of methoxy groups -OCH3 is 1. The number of Topliss-reactive ketones (excluding diaryl/α,β-unsaturated/α-hetero) is 1. The smallest absolute Gasteiger partial charge is 0.219 e. The van der Waals surface area contributed by atoms with Crippen molar-refractivity contribution in [2.45, 2.75) is 13.3 Å². The third-order valence-electron chi connectivity index (χ3n) is 5.51. The van der Waals surface area contributed by atoms with Crippen LogP contribution in [0.4, 0.5) is 15.8 Å². The molecule has 0 aliphatic rings. The number of hydrogen-bond donors (Lipinski definition) is 3. The number of pyridine rings is 1.